The summed E-state index contributed by atoms with van der Waals surface area (Å²) in [6.45, 7) is 19.4. The van der Waals surface area contributed by atoms with Crippen molar-refractivity contribution < 1.29 is 24.5 Å². The summed E-state index contributed by atoms with van der Waals surface area (Å²) in [6, 6.07) is 4.24. The van der Waals surface area contributed by atoms with Gasteiger partial charge in [0.15, 0.2) is 5.78 Å². The van der Waals surface area contributed by atoms with Gasteiger partial charge in [-0.25, -0.2) is 0 Å². The van der Waals surface area contributed by atoms with Crippen LogP contribution in [0.3, 0.4) is 0 Å². The Labute approximate surface area is 262 Å². The zero-order chi connectivity index (χ0) is 31.6. The summed E-state index contributed by atoms with van der Waals surface area (Å²) in [7, 11) is 0. The number of benzene rings is 1. The number of Topliss-reactive ketones (excluding diaryl/α,β-unsaturated/α-hetero) is 1. The molecule has 3 N–H and O–H groups in total. The summed E-state index contributed by atoms with van der Waals surface area (Å²) in [5.41, 5.74) is 3.83. The number of ketones is 1. The summed E-state index contributed by atoms with van der Waals surface area (Å²) in [4.78, 5) is 18.2. The van der Waals surface area contributed by atoms with E-state index in [0.717, 1.165) is 49.6 Å². The molecule has 240 valence electrons. The van der Waals surface area contributed by atoms with Gasteiger partial charge in [0.2, 0.25) is 0 Å². The minimum Gasteiger partial charge on any atom is -0.392 e. The SMILES string of the molecule is CC1(C)OC(C)(C)C2C(=O)c3ccc4[nH]c5c(c4c3CC21)CC1CCC2[C@@]3(C)C(CC[C@]2(C)[C@@]51C)O[C@H](C(C)(C)O)C[C@H]3O. The summed E-state index contributed by atoms with van der Waals surface area (Å²) in [5, 5.41) is 24.0. The van der Waals surface area contributed by atoms with Crippen molar-refractivity contribution in [3.8, 4) is 0 Å². The van der Waals surface area contributed by atoms with Gasteiger partial charge >= 0.3 is 0 Å². The van der Waals surface area contributed by atoms with Crippen molar-refractivity contribution in [2.24, 2.45) is 34.5 Å². The molecule has 0 amide bonds. The molecule has 1 aromatic carbocycles. The third-order valence-electron chi connectivity index (χ3n) is 14.9. The molecule has 2 saturated heterocycles. The van der Waals surface area contributed by atoms with E-state index >= 15 is 0 Å². The number of ether oxygens (including phenoxy) is 2. The van der Waals surface area contributed by atoms with Crippen LogP contribution in [0, 0.1) is 34.5 Å². The molecule has 2 saturated carbocycles. The lowest BCUT2D eigenvalue weighted by Gasteiger charge is -2.67. The average molecular weight is 604 g/mol. The Bertz CT molecular complexity index is 1580. The highest BCUT2D eigenvalue weighted by molar-refractivity contribution is 6.06. The van der Waals surface area contributed by atoms with E-state index in [1.54, 1.807) is 13.8 Å². The van der Waals surface area contributed by atoms with Crippen molar-refractivity contribution >= 4 is 16.7 Å². The minimum atomic E-state index is -0.979. The second-order valence-corrected chi connectivity index (χ2v) is 18.0. The Morgan fingerprint density at radius 1 is 0.955 bits per heavy atom. The maximum atomic E-state index is 14.2. The minimum absolute atomic E-state index is 0.0223. The Kier molecular flexibility index (Phi) is 5.79. The van der Waals surface area contributed by atoms with Crippen LogP contribution in [-0.2, 0) is 27.7 Å². The van der Waals surface area contributed by atoms with Crippen molar-refractivity contribution in [2.75, 3.05) is 0 Å². The fourth-order valence-electron chi connectivity index (χ4n) is 12.5. The Morgan fingerprint density at radius 3 is 2.39 bits per heavy atom. The van der Waals surface area contributed by atoms with Crippen LogP contribution < -0.4 is 0 Å². The van der Waals surface area contributed by atoms with Gasteiger partial charge in [0.1, 0.15) is 0 Å². The van der Waals surface area contributed by atoms with Gasteiger partial charge in [-0.15, -0.1) is 0 Å². The number of rotatable bonds is 1. The zero-order valence-corrected chi connectivity index (χ0v) is 28.3. The summed E-state index contributed by atoms with van der Waals surface area (Å²) in [5.74, 6) is 1.11. The largest absolute Gasteiger partial charge is 0.392 e. The predicted molar refractivity (Wildman–Crippen MR) is 171 cm³/mol. The molecule has 44 heavy (non-hydrogen) atoms. The van der Waals surface area contributed by atoms with Gasteiger partial charge in [0, 0.05) is 45.3 Å². The van der Waals surface area contributed by atoms with Gasteiger partial charge < -0.3 is 24.7 Å². The van der Waals surface area contributed by atoms with Crippen molar-refractivity contribution in [1.29, 1.82) is 0 Å². The van der Waals surface area contributed by atoms with Gasteiger partial charge in [-0.05, 0) is 121 Å². The van der Waals surface area contributed by atoms with Crippen LogP contribution in [0.4, 0.5) is 0 Å². The van der Waals surface area contributed by atoms with E-state index in [1.165, 1.54) is 22.2 Å². The lowest BCUT2D eigenvalue weighted by molar-refractivity contribution is -0.280. The maximum absolute atomic E-state index is 14.2. The molecule has 3 heterocycles. The average Bonchev–Trinajstić information content (AvgIpc) is 3.48. The fourth-order valence-corrected chi connectivity index (χ4v) is 12.5. The van der Waals surface area contributed by atoms with E-state index in [4.69, 9.17) is 9.47 Å². The number of fused-ring (bicyclic) bond motifs is 12. The molecule has 0 spiro atoms. The number of H-pyrrole nitrogens is 1. The van der Waals surface area contributed by atoms with Crippen molar-refractivity contribution in [2.45, 2.75) is 148 Å². The number of aromatic amines is 1. The quantitative estimate of drug-likeness (QED) is 0.339. The van der Waals surface area contributed by atoms with Crippen LogP contribution in [0.5, 0.6) is 0 Å². The molecule has 0 radical (unpaired) electrons. The number of aromatic nitrogens is 1. The third kappa shape index (κ3) is 3.39. The Balaban J connectivity index is 1.23. The highest BCUT2D eigenvalue weighted by atomic mass is 16.5. The van der Waals surface area contributed by atoms with E-state index in [2.05, 4.69) is 65.6 Å². The number of carbonyl (C=O) groups is 1. The number of hydrogen-bond donors (Lipinski definition) is 3. The fraction of sp³-hybridized carbons (Fsp3) is 0.763. The molecule has 10 atom stereocenters. The summed E-state index contributed by atoms with van der Waals surface area (Å²) < 4.78 is 13.2. The van der Waals surface area contributed by atoms with Crippen molar-refractivity contribution in [3.05, 3.63) is 34.5 Å². The number of carbonyl (C=O) groups excluding carboxylic acids is 1. The Hall–Kier alpha value is -1.73. The highest BCUT2D eigenvalue weighted by Crippen LogP contribution is 2.71. The van der Waals surface area contributed by atoms with Crippen LogP contribution in [0.25, 0.3) is 10.9 Å². The molecular weight excluding hydrogens is 550 g/mol. The van der Waals surface area contributed by atoms with Crippen LogP contribution in [0.15, 0.2) is 12.1 Å². The van der Waals surface area contributed by atoms with E-state index < -0.39 is 17.3 Å². The van der Waals surface area contributed by atoms with E-state index in [-0.39, 0.29) is 51.7 Å². The summed E-state index contributed by atoms with van der Waals surface area (Å²) in [6.07, 6.45) is 5.59. The molecule has 0 bridgehead atoms. The predicted octanol–water partition coefficient (Wildman–Crippen LogP) is 6.66. The molecule has 4 fully saturated rings. The summed E-state index contributed by atoms with van der Waals surface area (Å²) >= 11 is 0. The van der Waals surface area contributed by atoms with Crippen LogP contribution >= 0.6 is 0 Å². The second kappa shape index (κ2) is 8.59. The molecule has 1 aromatic heterocycles. The van der Waals surface area contributed by atoms with Crippen molar-refractivity contribution in [1.82, 2.24) is 4.98 Å². The third-order valence-corrected chi connectivity index (χ3v) is 14.9. The number of hydrogen-bond acceptors (Lipinski definition) is 5. The zero-order valence-electron chi connectivity index (χ0n) is 28.3. The molecule has 6 nitrogen and oxygen atoms in total. The lowest BCUT2D eigenvalue weighted by atomic mass is 9.39. The maximum Gasteiger partial charge on any atom is 0.169 e. The first-order valence-electron chi connectivity index (χ1n) is 17.3. The standard InChI is InChI=1S/C38H53NO5/c1-33(2,42)28-18-26(40)37(8)25-13-10-19-16-22-29-21-17-23-30(35(5,6)44-34(23,3)4)31(41)20(21)11-12-24(29)39-32(22)38(19,9)36(25,7)15-14-27(37)43-28/h11-12,19,23,25-28,30,39-40,42H,10,13-18H2,1-9H3/t19?,23?,25?,26-,27?,28+,30?,36+,37-,38-/m1/s1. The molecule has 4 aliphatic carbocycles. The highest BCUT2D eigenvalue weighted by Gasteiger charge is 2.70. The van der Waals surface area contributed by atoms with E-state index in [9.17, 15) is 15.0 Å². The van der Waals surface area contributed by atoms with Crippen LogP contribution in [-0.4, -0.2) is 56.1 Å². The normalized spacial score (nSPS) is 45.2. The van der Waals surface area contributed by atoms with E-state index in [0.29, 0.717) is 18.3 Å². The molecular formula is C38H53NO5. The molecule has 6 heteroatoms. The first-order chi connectivity index (χ1) is 20.4. The second-order valence-electron chi connectivity index (χ2n) is 18.0. The molecule has 5 unspecified atom stereocenters. The first kappa shape index (κ1) is 29.7. The van der Waals surface area contributed by atoms with Gasteiger partial charge in [-0.3, -0.25) is 4.79 Å². The van der Waals surface area contributed by atoms with E-state index in [1.807, 2.05) is 0 Å². The molecule has 8 rings (SSSR count). The van der Waals surface area contributed by atoms with Crippen molar-refractivity contribution in [3.63, 3.8) is 0 Å². The van der Waals surface area contributed by atoms with Gasteiger partial charge in [-0.1, -0.05) is 20.8 Å². The monoisotopic (exact) mass is 603 g/mol. The number of nitrogens with one attached hydrogen (secondary N) is 1. The van der Waals surface area contributed by atoms with Crippen LogP contribution in [0.2, 0.25) is 0 Å². The van der Waals surface area contributed by atoms with Gasteiger partial charge in [-0.2, -0.15) is 0 Å². The van der Waals surface area contributed by atoms with Gasteiger partial charge in [0.25, 0.3) is 0 Å². The topological polar surface area (TPSA) is 91.8 Å². The lowest BCUT2D eigenvalue weighted by Crippen LogP contribution is -2.68. The molecule has 2 aliphatic heterocycles. The van der Waals surface area contributed by atoms with Gasteiger partial charge in [0.05, 0.1) is 41.0 Å². The molecule has 2 aromatic rings. The van der Waals surface area contributed by atoms with Crippen LogP contribution in [0.1, 0.15) is 122 Å². The molecule has 6 aliphatic rings. The number of aliphatic hydroxyl groups excluding tert-OH is 1. The number of aliphatic hydroxyl groups is 2. The first-order valence-corrected chi connectivity index (χ1v) is 17.3. The Morgan fingerprint density at radius 2 is 1.68 bits per heavy atom. The smallest absolute Gasteiger partial charge is 0.169 e.